The quantitative estimate of drug-likeness (QED) is 0.904. The van der Waals surface area contributed by atoms with Gasteiger partial charge < -0.3 is 15.4 Å². The normalized spacial score (nSPS) is 19.4. The molecular weight excluding hydrogens is 236 g/mol. The van der Waals surface area contributed by atoms with Crippen molar-refractivity contribution < 1.29 is 4.74 Å². The molecule has 1 aliphatic rings. The summed E-state index contributed by atoms with van der Waals surface area (Å²) in [5.41, 5.74) is 9.13. The molecule has 1 aromatic rings. The van der Waals surface area contributed by atoms with Crippen molar-refractivity contribution in [3.05, 3.63) is 29.3 Å². The summed E-state index contributed by atoms with van der Waals surface area (Å²) in [6, 6.07) is 6.49. The van der Waals surface area contributed by atoms with Gasteiger partial charge in [0.05, 0.1) is 7.11 Å². The van der Waals surface area contributed by atoms with Crippen LogP contribution in [0.1, 0.15) is 30.9 Å². The molecule has 1 heterocycles. The van der Waals surface area contributed by atoms with Crippen molar-refractivity contribution in [3.63, 3.8) is 0 Å². The molecule has 1 saturated heterocycles. The van der Waals surface area contributed by atoms with E-state index in [2.05, 4.69) is 37.1 Å². The van der Waals surface area contributed by atoms with Crippen LogP contribution in [0, 0.1) is 0 Å². The molecule has 3 heteroatoms. The van der Waals surface area contributed by atoms with Crippen molar-refractivity contribution in [1.82, 2.24) is 4.90 Å². The molecule has 0 unspecified atom stereocenters. The van der Waals surface area contributed by atoms with E-state index < -0.39 is 0 Å². The van der Waals surface area contributed by atoms with Crippen LogP contribution >= 0.6 is 0 Å². The average molecular weight is 262 g/mol. The Morgan fingerprint density at radius 2 is 2.00 bits per heavy atom. The van der Waals surface area contributed by atoms with Crippen LogP contribution < -0.4 is 10.5 Å². The van der Waals surface area contributed by atoms with Crippen molar-refractivity contribution in [1.29, 1.82) is 0 Å². The zero-order valence-corrected chi connectivity index (χ0v) is 12.4. The molecule has 106 valence electrons. The van der Waals surface area contributed by atoms with Gasteiger partial charge in [-0.05, 0) is 63.0 Å². The summed E-state index contributed by atoms with van der Waals surface area (Å²) in [5, 5.41) is 0. The molecule has 1 aromatic carbocycles. The lowest BCUT2D eigenvalue weighted by molar-refractivity contribution is 0.190. The summed E-state index contributed by atoms with van der Waals surface area (Å²) >= 11 is 0. The van der Waals surface area contributed by atoms with Crippen LogP contribution in [-0.2, 0) is 12.8 Å². The van der Waals surface area contributed by atoms with Crippen molar-refractivity contribution in [2.75, 3.05) is 27.2 Å². The Bertz CT molecular complexity index is 423. The fourth-order valence-corrected chi connectivity index (χ4v) is 2.87. The average Bonchev–Trinajstić information content (AvgIpc) is 2.42. The molecule has 2 N–H and O–H groups in total. The van der Waals surface area contributed by atoms with Crippen LogP contribution in [0.4, 0.5) is 0 Å². The molecule has 0 amide bonds. The summed E-state index contributed by atoms with van der Waals surface area (Å²) in [5.74, 6) is 0.987. The van der Waals surface area contributed by atoms with Gasteiger partial charge >= 0.3 is 0 Å². The molecule has 0 aromatic heterocycles. The van der Waals surface area contributed by atoms with E-state index in [1.165, 1.54) is 11.1 Å². The first-order valence-corrected chi connectivity index (χ1v) is 7.19. The van der Waals surface area contributed by atoms with Crippen molar-refractivity contribution in [2.24, 2.45) is 5.73 Å². The highest BCUT2D eigenvalue weighted by atomic mass is 16.5. The molecule has 0 atom stereocenters. The zero-order valence-electron chi connectivity index (χ0n) is 12.4. The number of nitrogens with two attached hydrogens (primary N) is 1. The number of hydrogen-bond donors (Lipinski definition) is 1. The van der Waals surface area contributed by atoms with Crippen LogP contribution in [0.15, 0.2) is 18.2 Å². The molecule has 0 saturated carbocycles. The van der Waals surface area contributed by atoms with Crippen molar-refractivity contribution in [3.8, 4) is 5.75 Å². The number of piperidine rings is 1. The predicted molar refractivity (Wildman–Crippen MR) is 79.7 cm³/mol. The second kappa shape index (κ2) is 5.93. The maximum absolute atomic E-state index is 6.56. The fourth-order valence-electron chi connectivity index (χ4n) is 2.87. The minimum atomic E-state index is -0.0356. The van der Waals surface area contributed by atoms with Crippen LogP contribution in [-0.4, -0.2) is 37.7 Å². The third-order valence-electron chi connectivity index (χ3n) is 4.26. The van der Waals surface area contributed by atoms with Crippen LogP contribution in [0.3, 0.4) is 0 Å². The van der Waals surface area contributed by atoms with Gasteiger partial charge in [0, 0.05) is 5.54 Å². The molecular formula is C16H26N2O. The summed E-state index contributed by atoms with van der Waals surface area (Å²) in [6.45, 7) is 4.37. The first-order chi connectivity index (χ1) is 9.06. The van der Waals surface area contributed by atoms with Gasteiger partial charge in [-0.15, -0.1) is 0 Å². The highest BCUT2D eigenvalue weighted by Crippen LogP contribution is 2.26. The van der Waals surface area contributed by atoms with E-state index in [0.29, 0.717) is 0 Å². The maximum atomic E-state index is 6.56. The number of rotatable bonds is 4. The number of benzene rings is 1. The molecule has 0 radical (unpaired) electrons. The van der Waals surface area contributed by atoms with Gasteiger partial charge in [0.2, 0.25) is 0 Å². The van der Waals surface area contributed by atoms with Gasteiger partial charge in [0.1, 0.15) is 5.75 Å². The Morgan fingerprint density at radius 3 is 2.58 bits per heavy atom. The lowest BCUT2D eigenvalue weighted by Gasteiger charge is -2.38. The Morgan fingerprint density at radius 1 is 1.32 bits per heavy atom. The van der Waals surface area contributed by atoms with Crippen molar-refractivity contribution in [2.45, 2.75) is 38.1 Å². The highest BCUT2D eigenvalue weighted by Gasteiger charge is 2.29. The van der Waals surface area contributed by atoms with Crippen LogP contribution in [0.5, 0.6) is 5.75 Å². The monoisotopic (exact) mass is 262 g/mol. The van der Waals surface area contributed by atoms with Gasteiger partial charge in [-0.2, -0.15) is 0 Å². The Balaban J connectivity index is 2.10. The minimum Gasteiger partial charge on any atom is -0.496 e. The molecule has 19 heavy (non-hydrogen) atoms. The Labute approximate surface area is 116 Å². The Kier molecular flexibility index (Phi) is 4.48. The number of likely N-dealkylation sites (tertiary alicyclic amines) is 1. The van der Waals surface area contributed by atoms with E-state index in [1.54, 1.807) is 7.11 Å². The third-order valence-corrected chi connectivity index (χ3v) is 4.26. The fraction of sp³-hybridized carbons (Fsp3) is 0.625. The molecule has 1 aliphatic heterocycles. The maximum Gasteiger partial charge on any atom is 0.122 e. The smallest absolute Gasteiger partial charge is 0.122 e. The summed E-state index contributed by atoms with van der Waals surface area (Å²) < 4.78 is 5.38. The number of hydrogen-bond acceptors (Lipinski definition) is 3. The van der Waals surface area contributed by atoms with E-state index in [0.717, 1.165) is 44.5 Å². The molecule has 0 bridgehead atoms. The number of nitrogens with zero attached hydrogens (tertiary/aromatic N) is 1. The minimum absolute atomic E-state index is 0.0356. The van der Waals surface area contributed by atoms with Gasteiger partial charge in [0.25, 0.3) is 0 Å². The van der Waals surface area contributed by atoms with E-state index >= 15 is 0 Å². The van der Waals surface area contributed by atoms with E-state index in [9.17, 15) is 0 Å². The van der Waals surface area contributed by atoms with Crippen molar-refractivity contribution >= 4 is 0 Å². The Hall–Kier alpha value is -1.06. The molecule has 3 nitrogen and oxygen atoms in total. The van der Waals surface area contributed by atoms with Gasteiger partial charge in [-0.1, -0.05) is 19.1 Å². The summed E-state index contributed by atoms with van der Waals surface area (Å²) in [4.78, 5) is 2.36. The first kappa shape index (κ1) is 14.4. The zero-order chi connectivity index (χ0) is 13.9. The molecule has 0 spiro atoms. The van der Waals surface area contributed by atoms with Gasteiger partial charge in [-0.3, -0.25) is 0 Å². The van der Waals surface area contributed by atoms with Gasteiger partial charge in [0.15, 0.2) is 0 Å². The topological polar surface area (TPSA) is 38.5 Å². The molecule has 0 aliphatic carbocycles. The van der Waals surface area contributed by atoms with Crippen LogP contribution in [0.25, 0.3) is 0 Å². The lowest BCUT2D eigenvalue weighted by Crippen LogP contribution is -2.50. The second-order valence-electron chi connectivity index (χ2n) is 5.84. The highest BCUT2D eigenvalue weighted by molar-refractivity contribution is 5.38. The number of methoxy groups -OCH3 is 1. The summed E-state index contributed by atoms with van der Waals surface area (Å²) in [7, 11) is 3.90. The van der Waals surface area contributed by atoms with E-state index in [1.807, 2.05) is 0 Å². The standard InChI is InChI=1S/C16H26N2O/c1-4-14-11-13(5-6-15(14)19-3)12-16(17)7-9-18(2)10-8-16/h5-6,11H,4,7-10,12,17H2,1-3H3. The summed E-state index contributed by atoms with van der Waals surface area (Å²) in [6.07, 6.45) is 4.13. The van der Waals surface area contributed by atoms with E-state index in [4.69, 9.17) is 10.5 Å². The second-order valence-corrected chi connectivity index (χ2v) is 5.84. The molecule has 1 fully saturated rings. The predicted octanol–water partition coefficient (Wildman–Crippen LogP) is 2.22. The third kappa shape index (κ3) is 3.48. The number of ether oxygens (including phenoxy) is 1. The van der Waals surface area contributed by atoms with Crippen LogP contribution in [0.2, 0.25) is 0 Å². The largest absolute Gasteiger partial charge is 0.496 e. The molecule has 2 rings (SSSR count). The number of aryl methyl sites for hydroxylation is 1. The first-order valence-electron chi connectivity index (χ1n) is 7.19. The van der Waals surface area contributed by atoms with E-state index in [-0.39, 0.29) is 5.54 Å². The lowest BCUT2D eigenvalue weighted by atomic mass is 9.82. The van der Waals surface area contributed by atoms with Gasteiger partial charge in [-0.25, -0.2) is 0 Å². The SMILES string of the molecule is CCc1cc(CC2(N)CCN(C)CC2)ccc1OC.